The smallest absolute Gasteiger partial charge is 0.222 e. The van der Waals surface area contributed by atoms with E-state index < -0.39 is 0 Å². The molecule has 27 heavy (non-hydrogen) atoms. The summed E-state index contributed by atoms with van der Waals surface area (Å²) in [6, 6.07) is 8.24. The second kappa shape index (κ2) is 8.03. The molecule has 1 atom stereocenters. The Morgan fingerprint density at radius 2 is 2.11 bits per heavy atom. The van der Waals surface area contributed by atoms with Gasteiger partial charge in [0.15, 0.2) is 0 Å². The van der Waals surface area contributed by atoms with Crippen molar-refractivity contribution in [1.82, 2.24) is 9.88 Å². The number of aryl methyl sites for hydroxylation is 1. The van der Waals surface area contributed by atoms with E-state index in [2.05, 4.69) is 17.1 Å². The maximum atomic E-state index is 12.7. The number of carbonyl (C=O) groups excluding carboxylic acids is 1. The van der Waals surface area contributed by atoms with Crippen molar-refractivity contribution < 1.29 is 14.6 Å². The van der Waals surface area contributed by atoms with Crippen molar-refractivity contribution in [2.24, 2.45) is 5.92 Å². The molecule has 3 heterocycles. The predicted molar refractivity (Wildman–Crippen MR) is 106 cm³/mol. The van der Waals surface area contributed by atoms with Gasteiger partial charge in [-0.3, -0.25) is 4.79 Å². The number of aromatic amines is 1. The number of likely N-dealkylation sites (tertiary alicyclic amines) is 1. The molecular weight excluding hydrogens is 340 g/mol. The zero-order valence-corrected chi connectivity index (χ0v) is 16.0. The van der Waals surface area contributed by atoms with Gasteiger partial charge >= 0.3 is 0 Å². The number of aliphatic hydroxyl groups is 1. The Hall–Kier alpha value is -1.85. The van der Waals surface area contributed by atoms with E-state index in [0.717, 1.165) is 63.7 Å². The summed E-state index contributed by atoms with van der Waals surface area (Å²) in [5, 5.41) is 10.4. The van der Waals surface area contributed by atoms with Crippen LogP contribution < -0.4 is 0 Å². The highest BCUT2D eigenvalue weighted by atomic mass is 16.5. The lowest BCUT2D eigenvalue weighted by Gasteiger charge is -2.46. The lowest BCUT2D eigenvalue weighted by atomic mass is 9.78. The van der Waals surface area contributed by atoms with Gasteiger partial charge in [-0.1, -0.05) is 18.2 Å². The zero-order valence-electron chi connectivity index (χ0n) is 16.0. The van der Waals surface area contributed by atoms with E-state index in [9.17, 15) is 9.90 Å². The molecule has 1 amide bonds. The van der Waals surface area contributed by atoms with Crippen molar-refractivity contribution in [2.75, 3.05) is 26.3 Å². The second-order valence-electron chi connectivity index (χ2n) is 8.14. The first kappa shape index (κ1) is 18.5. The Labute approximate surface area is 160 Å². The number of piperidine rings is 1. The molecule has 2 N–H and O–H groups in total. The number of nitrogens with zero attached hydrogens (tertiary/aromatic N) is 1. The molecule has 2 aliphatic rings. The highest BCUT2D eigenvalue weighted by Crippen LogP contribution is 2.38. The number of hydrogen-bond acceptors (Lipinski definition) is 3. The molecule has 1 unspecified atom stereocenters. The van der Waals surface area contributed by atoms with Gasteiger partial charge in [-0.25, -0.2) is 0 Å². The lowest BCUT2D eigenvalue weighted by molar-refractivity contribution is -0.147. The molecule has 1 spiro atoms. The zero-order chi connectivity index (χ0) is 18.7. The van der Waals surface area contributed by atoms with E-state index in [-0.39, 0.29) is 18.1 Å². The molecule has 2 fully saturated rings. The highest BCUT2D eigenvalue weighted by Gasteiger charge is 2.40. The van der Waals surface area contributed by atoms with Crippen LogP contribution in [-0.4, -0.2) is 52.8 Å². The molecular formula is C22H30N2O3. The van der Waals surface area contributed by atoms with Gasteiger partial charge < -0.3 is 19.7 Å². The Balaban J connectivity index is 1.30. The third kappa shape index (κ3) is 4.04. The van der Waals surface area contributed by atoms with Crippen molar-refractivity contribution in [3.8, 4) is 0 Å². The van der Waals surface area contributed by atoms with E-state index in [1.54, 1.807) is 0 Å². The van der Waals surface area contributed by atoms with E-state index >= 15 is 0 Å². The van der Waals surface area contributed by atoms with Gasteiger partial charge in [-0.2, -0.15) is 0 Å². The van der Waals surface area contributed by atoms with E-state index in [0.29, 0.717) is 12.3 Å². The summed E-state index contributed by atoms with van der Waals surface area (Å²) in [4.78, 5) is 18.0. The summed E-state index contributed by atoms with van der Waals surface area (Å²) in [7, 11) is 0. The summed E-state index contributed by atoms with van der Waals surface area (Å²) in [6.45, 7) is 2.63. The van der Waals surface area contributed by atoms with Crippen LogP contribution in [0.15, 0.2) is 30.5 Å². The van der Waals surface area contributed by atoms with Crippen LogP contribution in [-0.2, 0) is 16.0 Å². The third-order valence-corrected chi connectivity index (χ3v) is 6.44. The molecule has 2 aliphatic heterocycles. The topological polar surface area (TPSA) is 65.6 Å². The van der Waals surface area contributed by atoms with Gasteiger partial charge in [0, 0.05) is 49.8 Å². The number of fused-ring (bicyclic) bond motifs is 1. The SMILES string of the molecule is O=C(CCc1c[nH]c2ccccc12)N1CCC2(CC1)CC(CCO)CCO2. The Kier molecular flexibility index (Phi) is 5.50. The Morgan fingerprint density at radius 1 is 1.30 bits per heavy atom. The molecule has 0 bridgehead atoms. The van der Waals surface area contributed by atoms with Crippen molar-refractivity contribution in [2.45, 2.75) is 50.5 Å². The first-order chi connectivity index (χ1) is 13.2. The minimum atomic E-state index is -0.0638. The largest absolute Gasteiger partial charge is 0.396 e. The first-order valence-electron chi connectivity index (χ1n) is 10.3. The third-order valence-electron chi connectivity index (χ3n) is 6.44. The van der Waals surface area contributed by atoms with Crippen LogP contribution in [0.1, 0.15) is 44.1 Å². The van der Waals surface area contributed by atoms with Gasteiger partial charge in [0.25, 0.3) is 0 Å². The molecule has 0 saturated carbocycles. The van der Waals surface area contributed by atoms with Crippen LogP contribution in [0.25, 0.3) is 10.9 Å². The molecule has 1 aromatic heterocycles. The molecule has 5 heteroatoms. The van der Waals surface area contributed by atoms with E-state index in [1.807, 2.05) is 23.2 Å². The molecule has 2 aromatic rings. The fraction of sp³-hybridized carbons (Fsp3) is 0.591. The number of carbonyl (C=O) groups is 1. The maximum Gasteiger partial charge on any atom is 0.222 e. The van der Waals surface area contributed by atoms with Crippen molar-refractivity contribution in [3.63, 3.8) is 0 Å². The van der Waals surface area contributed by atoms with Crippen LogP contribution >= 0.6 is 0 Å². The fourth-order valence-corrected chi connectivity index (χ4v) is 4.81. The van der Waals surface area contributed by atoms with E-state index in [4.69, 9.17) is 4.74 Å². The number of hydrogen-bond donors (Lipinski definition) is 2. The van der Waals surface area contributed by atoms with Crippen LogP contribution in [0, 0.1) is 5.92 Å². The van der Waals surface area contributed by atoms with Crippen LogP contribution in [0.4, 0.5) is 0 Å². The summed E-state index contributed by atoms with van der Waals surface area (Å²) >= 11 is 0. The average molecular weight is 370 g/mol. The van der Waals surface area contributed by atoms with Gasteiger partial charge in [-0.05, 0) is 56.1 Å². The van der Waals surface area contributed by atoms with Gasteiger partial charge in [-0.15, -0.1) is 0 Å². The summed E-state index contributed by atoms with van der Waals surface area (Å²) < 4.78 is 6.15. The summed E-state index contributed by atoms with van der Waals surface area (Å²) in [5.41, 5.74) is 2.28. The molecule has 4 rings (SSSR count). The van der Waals surface area contributed by atoms with Crippen LogP contribution in [0.3, 0.4) is 0 Å². The second-order valence-corrected chi connectivity index (χ2v) is 8.14. The minimum absolute atomic E-state index is 0.0638. The standard InChI is InChI=1S/C22H30N2O3/c25-13-7-17-8-14-27-22(15-17)9-11-24(12-10-22)21(26)6-5-18-16-23-20-4-2-1-3-19(18)20/h1-4,16-17,23,25H,5-15H2. The normalized spacial score (nSPS) is 22.4. The van der Waals surface area contributed by atoms with Crippen molar-refractivity contribution in [1.29, 1.82) is 0 Å². The molecule has 5 nitrogen and oxygen atoms in total. The van der Waals surface area contributed by atoms with Gasteiger partial charge in [0.2, 0.25) is 5.91 Å². The highest BCUT2D eigenvalue weighted by molar-refractivity contribution is 5.84. The summed E-state index contributed by atoms with van der Waals surface area (Å²) in [5.74, 6) is 0.811. The van der Waals surface area contributed by atoms with Crippen molar-refractivity contribution >= 4 is 16.8 Å². The van der Waals surface area contributed by atoms with Crippen LogP contribution in [0.2, 0.25) is 0 Å². The fourth-order valence-electron chi connectivity index (χ4n) is 4.81. The molecule has 146 valence electrons. The van der Waals surface area contributed by atoms with Gasteiger partial charge in [0.1, 0.15) is 0 Å². The number of benzene rings is 1. The number of aromatic nitrogens is 1. The van der Waals surface area contributed by atoms with Crippen molar-refractivity contribution in [3.05, 3.63) is 36.0 Å². The predicted octanol–water partition coefficient (Wildman–Crippen LogP) is 3.27. The van der Waals surface area contributed by atoms with Gasteiger partial charge in [0.05, 0.1) is 5.60 Å². The minimum Gasteiger partial charge on any atom is -0.396 e. The molecule has 0 aliphatic carbocycles. The number of nitrogens with one attached hydrogen (secondary N) is 1. The number of amides is 1. The Morgan fingerprint density at radius 3 is 2.93 bits per heavy atom. The van der Waals surface area contributed by atoms with E-state index in [1.165, 1.54) is 10.9 Å². The quantitative estimate of drug-likeness (QED) is 0.849. The lowest BCUT2D eigenvalue weighted by Crippen LogP contribution is -2.50. The summed E-state index contributed by atoms with van der Waals surface area (Å²) in [6.07, 6.45) is 8.17. The number of aliphatic hydroxyl groups excluding tert-OH is 1. The monoisotopic (exact) mass is 370 g/mol. The maximum absolute atomic E-state index is 12.7. The molecule has 2 saturated heterocycles. The number of H-pyrrole nitrogens is 1. The Bertz CT molecular complexity index is 775. The average Bonchev–Trinajstić information content (AvgIpc) is 3.10. The molecule has 0 radical (unpaired) electrons. The number of ether oxygens (including phenoxy) is 1. The van der Waals surface area contributed by atoms with Crippen LogP contribution in [0.5, 0.6) is 0 Å². The number of para-hydroxylation sites is 1. The molecule has 1 aromatic carbocycles. The number of rotatable bonds is 5. The first-order valence-corrected chi connectivity index (χ1v) is 10.3.